The Morgan fingerprint density at radius 2 is 1.89 bits per heavy atom. The molecule has 0 aliphatic carbocycles. The molecule has 0 atom stereocenters. The zero-order valence-corrected chi connectivity index (χ0v) is 20.9. The lowest BCUT2D eigenvalue weighted by molar-refractivity contribution is -0.274. The van der Waals surface area contributed by atoms with Crippen molar-refractivity contribution < 1.29 is 27.5 Å². The number of aromatic nitrogens is 1. The molecule has 1 aliphatic rings. The van der Waals surface area contributed by atoms with E-state index in [1.165, 1.54) is 42.5 Å². The van der Waals surface area contributed by atoms with Crippen LogP contribution in [0.5, 0.6) is 5.75 Å². The van der Waals surface area contributed by atoms with Gasteiger partial charge >= 0.3 is 6.36 Å². The maximum atomic E-state index is 13.1. The standard InChI is InChI=1S/C25H24F3N5O3S/c1-16(34)29-12-5-13-33-22(17-8-10-18(11-9-17)36-25(26,27)28)15-37-24(33)31-23(35)20-14-32(2)21-7-4-3-6-19(21)30-20/h3-4,6-11,15H,5,12-14H2,1-2H3,(H,29,34). The zero-order chi connectivity index (χ0) is 26.6. The maximum absolute atomic E-state index is 13.1. The second-order valence-corrected chi connectivity index (χ2v) is 9.12. The van der Waals surface area contributed by atoms with Gasteiger partial charge in [-0.3, -0.25) is 9.59 Å². The number of fused-ring (bicyclic) bond motifs is 1. The number of benzene rings is 2. The minimum atomic E-state index is -4.78. The molecule has 0 fully saturated rings. The van der Waals surface area contributed by atoms with Crippen LogP contribution in [0.2, 0.25) is 0 Å². The largest absolute Gasteiger partial charge is 0.573 e. The van der Waals surface area contributed by atoms with Crippen molar-refractivity contribution in [2.75, 3.05) is 25.0 Å². The summed E-state index contributed by atoms with van der Waals surface area (Å²) in [6, 6.07) is 13.0. The molecular weight excluding hydrogens is 507 g/mol. The molecule has 1 aliphatic heterocycles. The van der Waals surface area contributed by atoms with Gasteiger partial charge in [-0.2, -0.15) is 4.99 Å². The molecule has 4 rings (SSSR count). The summed E-state index contributed by atoms with van der Waals surface area (Å²) in [6.45, 7) is 2.56. The molecule has 37 heavy (non-hydrogen) atoms. The Hall–Kier alpha value is -3.93. The van der Waals surface area contributed by atoms with Crippen molar-refractivity contribution in [3.8, 4) is 17.0 Å². The highest BCUT2D eigenvalue weighted by Gasteiger charge is 2.31. The van der Waals surface area contributed by atoms with E-state index in [0.29, 0.717) is 53.5 Å². The monoisotopic (exact) mass is 531 g/mol. The van der Waals surface area contributed by atoms with Crippen molar-refractivity contribution in [3.63, 3.8) is 0 Å². The van der Waals surface area contributed by atoms with Gasteiger partial charge in [-0.25, -0.2) is 4.99 Å². The summed E-state index contributed by atoms with van der Waals surface area (Å²) < 4.78 is 43.4. The van der Waals surface area contributed by atoms with E-state index in [2.05, 4.69) is 20.0 Å². The van der Waals surface area contributed by atoms with Crippen LogP contribution >= 0.6 is 11.3 Å². The van der Waals surface area contributed by atoms with Gasteiger partial charge < -0.3 is 19.5 Å². The molecule has 0 unspecified atom stereocenters. The number of anilines is 1. The van der Waals surface area contributed by atoms with Crippen molar-refractivity contribution in [3.05, 3.63) is 58.7 Å². The first-order valence-electron chi connectivity index (χ1n) is 11.4. The minimum Gasteiger partial charge on any atom is -0.406 e. The van der Waals surface area contributed by atoms with Crippen molar-refractivity contribution in [2.24, 2.45) is 9.98 Å². The van der Waals surface area contributed by atoms with Crippen LogP contribution in [0.25, 0.3) is 11.3 Å². The fraction of sp³-hybridized carbons (Fsp3) is 0.280. The van der Waals surface area contributed by atoms with Gasteiger partial charge in [-0.05, 0) is 48.4 Å². The molecule has 3 aromatic rings. The van der Waals surface area contributed by atoms with Crippen LogP contribution in [0.1, 0.15) is 13.3 Å². The van der Waals surface area contributed by atoms with Crippen LogP contribution < -0.4 is 19.8 Å². The number of carbonyl (C=O) groups excluding carboxylic acids is 2. The Labute approximate surface area is 214 Å². The quantitative estimate of drug-likeness (QED) is 0.461. The first-order valence-corrected chi connectivity index (χ1v) is 12.2. The van der Waals surface area contributed by atoms with Crippen molar-refractivity contribution in [1.82, 2.24) is 9.88 Å². The summed E-state index contributed by atoms with van der Waals surface area (Å²) in [7, 11) is 1.87. The number of aliphatic imine (C=N–C) groups is 1. The second-order valence-electron chi connectivity index (χ2n) is 8.28. The first-order chi connectivity index (χ1) is 17.6. The van der Waals surface area contributed by atoms with Gasteiger partial charge in [-0.15, -0.1) is 24.5 Å². The van der Waals surface area contributed by atoms with Crippen LogP contribution in [-0.4, -0.2) is 48.6 Å². The van der Waals surface area contributed by atoms with Gasteiger partial charge in [0, 0.05) is 32.4 Å². The number of hydrogen-bond donors (Lipinski definition) is 1. The molecular formula is C25H24F3N5O3S. The lowest BCUT2D eigenvalue weighted by Crippen LogP contribution is -2.33. The first kappa shape index (κ1) is 26.1. The van der Waals surface area contributed by atoms with Crippen molar-refractivity contribution >= 4 is 40.2 Å². The lowest BCUT2D eigenvalue weighted by atomic mass is 10.1. The van der Waals surface area contributed by atoms with Gasteiger partial charge in [0.25, 0.3) is 5.91 Å². The third-order valence-corrected chi connectivity index (χ3v) is 6.36. The summed E-state index contributed by atoms with van der Waals surface area (Å²) in [4.78, 5) is 35.5. The molecule has 0 saturated carbocycles. The van der Waals surface area contributed by atoms with E-state index in [0.717, 1.165) is 5.69 Å². The summed E-state index contributed by atoms with van der Waals surface area (Å²) in [5.74, 6) is -0.960. The van der Waals surface area contributed by atoms with Crippen LogP contribution in [0.3, 0.4) is 0 Å². The van der Waals surface area contributed by atoms with E-state index in [-0.39, 0.29) is 11.7 Å². The van der Waals surface area contributed by atoms with E-state index in [9.17, 15) is 22.8 Å². The smallest absolute Gasteiger partial charge is 0.406 e. The fourth-order valence-corrected chi connectivity index (χ4v) is 4.77. The number of rotatable bonds is 7. The Morgan fingerprint density at radius 3 is 2.59 bits per heavy atom. The molecule has 8 nitrogen and oxygen atoms in total. The van der Waals surface area contributed by atoms with E-state index in [4.69, 9.17) is 0 Å². The molecule has 0 saturated heterocycles. The predicted molar refractivity (Wildman–Crippen MR) is 135 cm³/mol. The lowest BCUT2D eigenvalue weighted by Gasteiger charge is -2.25. The molecule has 194 valence electrons. The average Bonchev–Trinajstić information content (AvgIpc) is 3.23. The topological polar surface area (TPSA) is 88.3 Å². The third kappa shape index (κ3) is 6.64. The van der Waals surface area contributed by atoms with Crippen LogP contribution in [0.15, 0.2) is 63.9 Å². The van der Waals surface area contributed by atoms with E-state index >= 15 is 0 Å². The van der Waals surface area contributed by atoms with Crippen molar-refractivity contribution in [1.29, 1.82) is 0 Å². The number of nitrogens with zero attached hydrogens (tertiary/aromatic N) is 4. The van der Waals surface area contributed by atoms with Gasteiger partial charge in [0.2, 0.25) is 5.91 Å². The van der Waals surface area contributed by atoms with Gasteiger partial charge in [0.05, 0.1) is 23.6 Å². The number of para-hydroxylation sites is 2. The zero-order valence-electron chi connectivity index (χ0n) is 20.1. The summed E-state index contributed by atoms with van der Waals surface area (Å²) >= 11 is 1.24. The van der Waals surface area contributed by atoms with E-state index < -0.39 is 12.3 Å². The van der Waals surface area contributed by atoms with E-state index in [1.54, 1.807) is 5.38 Å². The SMILES string of the molecule is CC(=O)NCCCn1c(-c2ccc(OC(F)(F)F)cc2)csc1=NC(=O)C1=Nc2ccccc2N(C)C1. The Balaban J connectivity index is 1.65. The van der Waals surface area contributed by atoms with E-state index in [1.807, 2.05) is 40.8 Å². The highest BCUT2D eigenvalue weighted by atomic mass is 32.1. The minimum absolute atomic E-state index is 0.157. The number of carbonyl (C=O) groups is 2. The molecule has 1 N–H and O–H groups in total. The molecule has 12 heteroatoms. The number of amides is 2. The second kappa shape index (κ2) is 11.0. The van der Waals surface area contributed by atoms with Crippen LogP contribution in [0, 0.1) is 0 Å². The van der Waals surface area contributed by atoms with Crippen LogP contribution in [-0.2, 0) is 16.1 Å². The van der Waals surface area contributed by atoms with Gasteiger partial charge in [0.15, 0.2) is 4.80 Å². The average molecular weight is 532 g/mol. The van der Waals surface area contributed by atoms with Crippen molar-refractivity contribution in [2.45, 2.75) is 26.3 Å². The molecule has 0 bridgehead atoms. The Morgan fingerprint density at radius 1 is 1.16 bits per heavy atom. The predicted octanol–water partition coefficient (Wildman–Crippen LogP) is 4.29. The highest BCUT2D eigenvalue weighted by molar-refractivity contribution is 7.07. The molecule has 2 heterocycles. The van der Waals surface area contributed by atoms with Gasteiger partial charge in [-0.1, -0.05) is 12.1 Å². The number of ether oxygens (including phenoxy) is 1. The normalized spacial score (nSPS) is 13.7. The molecule has 2 aromatic carbocycles. The molecule has 2 amide bonds. The number of thiazole rings is 1. The third-order valence-electron chi connectivity index (χ3n) is 5.49. The molecule has 0 radical (unpaired) electrons. The summed E-state index contributed by atoms with van der Waals surface area (Å²) in [5.41, 5.74) is 3.21. The van der Waals surface area contributed by atoms with Crippen LogP contribution in [0.4, 0.5) is 24.5 Å². The number of hydrogen-bond acceptors (Lipinski definition) is 6. The highest BCUT2D eigenvalue weighted by Crippen LogP contribution is 2.31. The van der Waals surface area contributed by atoms with Gasteiger partial charge in [0.1, 0.15) is 11.5 Å². The number of halogens is 3. The summed E-state index contributed by atoms with van der Waals surface area (Å²) in [6.07, 6.45) is -4.23. The Bertz CT molecular complexity index is 1390. The number of alkyl halides is 3. The molecule has 0 spiro atoms. The Kier molecular flexibility index (Phi) is 7.77. The molecule has 1 aromatic heterocycles. The summed E-state index contributed by atoms with van der Waals surface area (Å²) in [5, 5.41) is 4.51. The maximum Gasteiger partial charge on any atom is 0.573 e. The fourth-order valence-electron chi connectivity index (χ4n) is 3.83. The number of nitrogens with one attached hydrogen (secondary N) is 1.